The number of ether oxygens (including phenoxy) is 2. The summed E-state index contributed by atoms with van der Waals surface area (Å²) in [5, 5.41) is 12.8. The van der Waals surface area contributed by atoms with Crippen molar-refractivity contribution in [3.8, 4) is 5.75 Å². The molecule has 206 valence electrons. The lowest BCUT2D eigenvalue weighted by molar-refractivity contribution is -0.137. The topological polar surface area (TPSA) is 88.1 Å². The van der Waals surface area contributed by atoms with E-state index in [1.165, 1.54) is 0 Å². The Bertz CT molecular complexity index is 1070. The standard InChI is InChI=1S/C31H42N2O5/c1-4-38-26-10-5-22(6-11-26)17-30(34)32-28-18-24(27(19-31(35)36)23-7-8-23)9-12-29(28)33(20-21(2)3)25-13-15-37-16-14-25/h5-6,9-12,18,21,23,25,27H,4,7-8,13-17,19-20H2,1-3H3,(H,32,34)(H,35,36). The van der Waals surface area contributed by atoms with Crippen LogP contribution >= 0.6 is 0 Å². The number of rotatable bonds is 13. The van der Waals surface area contributed by atoms with Gasteiger partial charge in [0.25, 0.3) is 0 Å². The zero-order valence-corrected chi connectivity index (χ0v) is 22.9. The molecule has 1 atom stereocenters. The average molecular weight is 523 g/mol. The lowest BCUT2D eigenvalue weighted by atomic mass is 9.90. The normalized spacial score (nSPS) is 16.7. The number of carbonyl (C=O) groups excluding carboxylic acids is 1. The molecule has 1 unspecified atom stereocenters. The highest BCUT2D eigenvalue weighted by Crippen LogP contribution is 2.46. The van der Waals surface area contributed by atoms with Crippen molar-refractivity contribution < 1.29 is 24.2 Å². The van der Waals surface area contributed by atoms with E-state index in [9.17, 15) is 14.7 Å². The second kappa shape index (κ2) is 13.1. The summed E-state index contributed by atoms with van der Waals surface area (Å²) in [5.41, 5.74) is 3.67. The molecular formula is C31H42N2O5. The van der Waals surface area contributed by atoms with Gasteiger partial charge in [0.15, 0.2) is 0 Å². The number of amides is 1. The molecule has 1 aliphatic heterocycles. The average Bonchev–Trinajstić information content (AvgIpc) is 3.73. The SMILES string of the molecule is CCOc1ccc(CC(=O)Nc2cc(C(CC(=O)O)C3CC3)ccc2N(CC(C)C)C2CCOCC2)cc1. The van der Waals surface area contributed by atoms with Crippen molar-refractivity contribution in [2.75, 3.05) is 36.6 Å². The minimum Gasteiger partial charge on any atom is -0.494 e. The van der Waals surface area contributed by atoms with Gasteiger partial charge in [-0.15, -0.1) is 0 Å². The summed E-state index contributed by atoms with van der Waals surface area (Å²) >= 11 is 0. The van der Waals surface area contributed by atoms with Gasteiger partial charge in [-0.25, -0.2) is 0 Å². The van der Waals surface area contributed by atoms with E-state index in [4.69, 9.17) is 9.47 Å². The van der Waals surface area contributed by atoms with Crippen LogP contribution in [-0.4, -0.2) is 49.4 Å². The Morgan fingerprint density at radius 3 is 2.39 bits per heavy atom. The van der Waals surface area contributed by atoms with Crippen molar-refractivity contribution in [3.05, 3.63) is 53.6 Å². The number of hydrogen-bond donors (Lipinski definition) is 2. The third-order valence-electron chi connectivity index (χ3n) is 7.41. The number of nitrogens with one attached hydrogen (secondary N) is 1. The van der Waals surface area contributed by atoms with Crippen LogP contribution in [0.2, 0.25) is 0 Å². The second-order valence-electron chi connectivity index (χ2n) is 11.0. The van der Waals surface area contributed by atoms with Gasteiger partial charge in [-0.1, -0.05) is 32.0 Å². The van der Waals surface area contributed by atoms with Crippen LogP contribution in [0.25, 0.3) is 0 Å². The van der Waals surface area contributed by atoms with Crippen LogP contribution in [0.5, 0.6) is 5.75 Å². The maximum atomic E-state index is 13.3. The molecule has 0 radical (unpaired) electrons. The lowest BCUT2D eigenvalue weighted by Gasteiger charge is -2.38. The third kappa shape index (κ3) is 7.73. The van der Waals surface area contributed by atoms with Gasteiger partial charge in [0.05, 0.1) is 30.8 Å². The van der Waals surface area contributed by atoms with Crippen LogP contribution in [0.1, 0.15) is 69.9 Å². The molecule has 0 bridgehead atoms. The molecule has 1 saturated heterocycles. The van der Waals surface area contributed by atoms with Crippen molar-refractivity contribution in [3.63, 3.8) is 0 Å². The number of nitrogens with zero attached hydrogens (tertiary/aromatic N) is 1. The summed E-state index contributed by atoms with van der Waals surface area (Å²) in [7, 11) is 0. The van der Waals surface area contributed by atoms with E-state index in [2.05, 4.69) is 36.2 Å². The van der Waals surface area contributed by atoms with Gasteiger partial charge in [-0.3, -0.25) is 9.59 Å². The van der Waals surface area contributed by atoms with Crippen LogP contribution in [0.15, 0.2) is 42.5 Å². The van der Waals surface area contributed by atoms with Crippen molar-refractivity contribution in [1.82, 2.24) is 0 Å². The molecular weight excluding hydrogens is 480 g/mol. The maximum Gasteiger partial charge on any atom is 0.303 e. The molecule has 1 aliphatic carbocycles. The van der Waals surface area contributed by atoms with Gasteiger partial charge < -0.3 is 24.8 Å². The zero-order valence-electron chi connectivity index (χ0n) is 22.9. The number of hydrogen-bond acceptors (Lipinski definition) is 5. The molecule has 0 spiro atoms. The van der Waals surface area contributed by atoms with E-state index in [1.54, 1.807) is 0 Å². The number of carboxylic acid groups (broad SMARTS) is 1. The Morgan fingerprint density at radius 1 is 1.08 bits per heavy atom. The first-order chi connectivity index (χ1) is 18.3. The van der Waals surface area contributed by atoms with E-state index in [0.29, 0.717) is 24.5 Å². The first-order valence-electron chi connectivity index (χ1n) is 14.1. The second-order valence-corrected chi connectivity index (χ2v) is 11.0. The lowest BCUT2D eigenvalue weighted by Crippen LogP contribution is -2.42. The minimum absolute atomic E-state index is 0.0371. The summed E-state index contributed by atoms with van der Waals surface area (Å²) < 4.78 is 11.2. The Balaban J connectivity index is 1.63. The number of benzene rings is 2. The fraction of sp³-hybridized carbons (Fsp3) is 0.548. The minimum atomic E-state index is -0.782. The zero-order chi connectivity index (χ0) is 27.1. The summed E-state index contributed by atoms with van der Waals surface area (Å²) in [5.74, 6) is 0.714. The summed E-state index contributed by atoms with van der Waals surface area (Å²) in [6, 6.07) is 14.2. The molecule has 1 saturated carbocycles. The molecule has 0 aromatic heterocycles. The van der Waals surface area contributed by atoms with E-state index in [1.807, 2.05) is 37.3 Å². The molecule has 2 aromatic rings. The van der Waals surface area contributed by atoms with Crippen molar-refractivity contribution in [1.29, 1.82) is 0 Å². The molecule has 38 heavy (non-hydrogen) atoms. The molecule has 7 heteroatoms. The monoisotopic (exact) mass is 522 g/mol. The molecule has 1 amide bonds. The quantitative estimate of drug-likeness (QED) is 0.342. The number of carboxylic acids is 1. The molecule has 1 heterocycles. The van der Waals surface area contributed by atoms with Crippen LogP contribution in [0.4, 0.5) is 11.4 Å². The van der Waals surface area contributed by atoms with Gasteiger partial charge in [0, 0.05) is 25.8 Å². The summed E-state index contributed by atoms with van der Waals surface area (Å²) in [6.45, 7) is 9.30. The first-order valence-corrected chi connectivity index (χ1v) is 14.1. The molecule has 2 aliphatic rings. The molecule has 2 fully saturated rings. The Hall–Kier alpha value is -3.06. The van der Waals surface area contributed by atoms with Crippen molar-refractivity contribution >= 4 is 23.3 Å². The van der Waals surface area contributed by atoms with Crippen LogP contribution in [-0.2, 0) is 20.7 Å². The summed E-state index contributed by atoms with van der Waals surface area (Å²) in [4.78, 5) is 27.4. The van der Waals surface area contributed by atoms with Crippen molar-refractivity contribution in [2.24, 2.45) is 11.8 Å². The number of aliphatic carboxylic acids is 1. The third-order valence-corrected chi connectivity index (χ3v) is 7.41. The van der Waals surface area contributed by atoms with Crippen LogP contribution in [0, 0.1) is 11.8 Å². The van der Waals surface area contributed by atoms with Crippen molar-refractivity contribution in [2.45, 2.75) is 71.3 Å². The molecule has 4 rings (SSSR count). The van der Waals surface area contributed by atoms with Crippen LogP contribution in [0.3, 0.4) is 0 Å². The highest BCUT2D eigenvalue weighted by atomic mass is 16.5. The number of anilines is 2. The van der Waals surface area contributed by atoms with Gasteiger partial charge in [0.2, 0.25) is 5.91 Å². The van der Waals surface area contributed by atoms with E-state index < -0.39 is 5.97 Å². The first kappa shape index (κ1) is 28.0. The van der Waals surface area contributed by atoms with Gasteiger partial charge in [-0.2, -0.15) is 0 Å². The highest BCUT2D eigenvalue weighted by molar-refractivity contribution is 5.96. The Kier molecular flexibility index (Phi) is 9.67. The van der Waals surface area contributed by atoms with E-state index >= 15 is 0 Å². The fourth-order valence-electron chi connectivity index (χ4n) is 5.46. The van der Waals surface area contributed by atoms with E-state index in [0.717, 1.165) is 73.7 Å². The Labute approximate surface area is 226 Å². The Morgan fingerprint density at radius 2 is 1.79 bits per heavy atom. The molecule has 2 aromatic carbocycles. The molecule has 7 nitrogen and oxygen atoms in total. The predicted molar refractivity (Wildman–Crippen MR) is 150 cm³/mol. The van der Waals surface area contributed by atoms with E-state index in [-0.39, 0.29) is 24.7 Å². The smallest absolute Gasteiger partial charge is 0.303 e. The van der Waals surface area contributed by atoms with Crippen LogP contribution < -0.4 is 15.0 Å². The van der Waals surface area contributed by atoms with Gasteiger partial charge in [-0.05, 0) is 85.8 Å². The maximum absolute atomic E-state index is 13.3. The highest BCUT2D eigenvalue weighted by Gasteiger charge is 2.34. The number of carbonyl (C=O) groups is 2. The predicted octanol–water partition coefficient (Wildman–Crippen LogP) is 5.88. The largest absolute Gasteiger partial charge is 0.494 e. The fourth-order valence-corrected chi connectivity index (χ4v) is 5.46. The van der Waals surface area contributed by atoms with Gasteiger partial charge in [0.1, 0.15) is 5.75 Å². The summed E-state index contributed by atoms with van der Waals surface area (Å²) in [6.07, 6.45) is 4.36. The van der Waals surface area contributed by atoms with Gasteiger partial charge >= 0.3 is 5.97 Å². The molecule has 2 N–H and O–H groups in total.